The van der Waals surface area contributed by atoms with Crippen LogP contribution < -0.4 is 5.32 Å². The number of hydrogen-bond donors (Lipinski definition) is 1. The standard InChI is InChI=1S/C16H31N5/c1-6-13-10-14(21(5)18-13)11-15(17-2)16-12-19(3)8-7-9-20(16)4/h10,15-17H,6-9,11-12H2,1-5H3. The molecule has 5 nitrogen and oxygen atoms in total. The van der Waals surface area contributed by atoms with E-state index in [9.17, 15) is 0 Å². The van der Waals surface area contributed by atoms with Gasteiger partial charge in [-0.25, -0.2) is 0 Å². The summed E-state index contributed by atoms with van der Waals surface area (Å²) in [6.45, 7) is 5.66. The molecule has 1 aromatic heterocycles. The molecule has 1 aliphatic rings. The summed E-state index contributed by atoms with van der Waals surface area (Å²) in [6.07, 6.45) is 3.29. The van der Waals surface area contributed by atoms with E-state index in [0.29, 0.717) is 12.1 Å². The van der Waals surface area contributed by atoms with Crippen LogP contribution in [0.25, 0.3) is 0 Å². The highest BCUT2D eigenvalue weighted by Gasteiger charge is 2.28. The van der Waals surface area contributed by atoms with Gasteiger partial charge in [-0.15, -0.1) is 0 Å². The van der Waals surface area contributed by atoms with Crippen molar-refractivity contribution in [2.45, 2.75) is 38.3 Å². The Morgan fingerprint density at radius 3 is 2.71 bits per heavy atom. The summed E-state index contributed by atoms with van der Waals surface area (Å²) in [5.41, 5.74) is 2.51. The minimum atomic E-state index is 0.454. The van der Waals surface area contributed by atoms with Gasteiger partial charge < -0.3 is 15.1 Å². The molecule has 1 saturated heterocycles. The Morgan fingerprint density at radius 2 is 2.10 bits per heavy atom. The highest BCUT2D eigenvalue weighted by molar-refractivity contribution is 5.12. The summed E-state index contributed by atoms with van der Waals surface area (Å²) in [5.74, 6) is 0. The number of aryl methyl sites for hydroxylation is 2. The van der Waals surface area contributed by atoms with Gasteiger partial charge in [-0.05, 0) is 53.1 Å². The average molecular weight is 293 g/mol. The van der Waals surface area contributed by atoms with Crippen LogP contribution >= 0.6 is 0 Å². The molecule has 0 saturated carbocycles. The van der Waals surface area contributed by atoms with Crippen molar-refractivity contribution < 1.29 is 0 Å². The first-order valence-electron chi connectivity index (χ1n) is 8.13. The van der Waals surface area contributed by atoms with Gasteiger partial charge in [-0.2, -0.15) is 5.10 Å². The van der Waals surface area contributed by atoms with Crippen molar-refractivity contribution in [2.75, 3.05) is 40.8 Å². The summed E-state index contributed by atoms with van der Waals surface area (Å²) < 4.78 is 2.05. The molecule has 1 aromatic rings. The van der Waals surface area contributed by atoms with Gasteiger partial charge in [0.1, 0.15) is 0 Å². The maximum absolute atomic E-state index is 4.58. The molecule has 1 N–H and O–H groups in total. The van der Waals surface area contributed by atoms with Crippen LogP contribution in [0.2, 0.25) is 0 Å². The van der Waals surface area contributed by atoms with Crippen molar-refractivity contribution in [1.82, 2.24) is 24.9 Å². The molecule has 0 bridgehead atoms. The van der Waals surface area contributed by atoms with Crippen LogP contribution in [0, 0.1) is 0 Å². The fraction of sp³-hybridized carbons (Fsp3) is 0.812. The van der Waals surface area contributed by atoms with Crippen LogP contribution in [0.4, 0.5) is 0 Å². The van der Waals surface area contributed by atoms with E-state index in [-0.39, 0.29) is 0 Å². The van der Waals surface area contributed by atoms with Gasteiger partial charge in [-0.3, -0.25) is 4.68 Å². The number of nitrogens with one attached hydrogen (secondary N) is 1. The fourth-order valence-electron chi connectivity index (χ4n) is 3.33. The van der Waals surface area contributed by atoms with E-state index in [0.717, 1.165) is 19.4 Å². The van der Waals surface area contributed by atoms with Crippen molar-refractivity contribution in [3.05, 3.63) is 17.5 Å². The summed E-state index contributed by atoms with van der Waals surface area (Å²) in [6, 6.07) is 3.25. The van der Waals surface area contributed by atoms with E-state index < -0.39 is 0 Å². The van der Waals surface area contributed by atoms with Gasteiger partial charge in [0, 0.05) is 37.8 Å². The van der Waals surface area contributed by atoms with Crippen molar-refractivity contribution in [1.29, 1.82) is 0 Å². The summed E-state index contributed by atoms with van der Waals surface area (Å²) in [7, 11) is 8.64. The molecule has 2 atom stereocenters. The Kier molecular flexibility index (Phi) is 5.79. The van der Waals surface area contributed by atoms with Crippen molar-refractivity contribution in [2.24, 2.45) is 7.05 Å². The molecule has 120 valence electrons. The molecule has 0 spiro atoms. The Bertz CT molecular complexity index is 442. The van der Waals surface area contributed by atoms with Gasteiger partial charge in [0.25, 0.3) is 0 Å². The Balaban J connectivity index is 2.11. The molecule has 0 aliphatic carbocycles. The number of aromatic nitrogens is 2. The second kappa shape index (κ2) is 7.38. The van der Waals surface area contributed by atoms with Crippen LogP contribution in [-0.4, -0.2) is 72.4 Å². The van der Waals surface area contributed by atoms with Crippen molar-refractivity contribution in [3.8, 4) is 0 Å². The van der Waals surface area contributed by atoms with E-state index in [1.165, 1.54) is 30.9 Å². The molecular formula is C16H31N5. The van der Waals surface area contributed by atoms with Gasteiger partial charge in [-0.1, -0.05) is 6.92 Å². The van der Waals surface area contributed by atoms with E-state index in [1.807, 2.05) is 4.68 Å². The van der Waals surface area contributed by atoms with E-state index >= 15 is 0 Å². The van der Waals surface area contributed by atoms with E-state index in [1.54, 1.807) is 0 Å². The van der Waals surface area contributed by atoms with E-state index in [4.69, 9.17) is 0 Å². The van der Waals surface area contributed by atoms with Crippen LogP contribution in [0.1, 0.15) is 24.7 Å². The van der Waals surface area contributed by atoms with Crippen LogP contribution in [0.3, 0.4) is 0 Å². The van der Waals surface area contributed by atoms with Crippen LogP contribution in [0.5, 0.6) is 0 Å². The third kappa shape index (κ3) is 4.05. The number of hydrogen-bond acceptors (Lipinski definition) is 4. The molecule has 0 amide bonds. The summed E-state index contributed by atoms with van der Waals surface area (Å²) in [4.78, 5) is 4.97. The lowest BCUT2D eigenvalue weighted by atomic mass is 10.0. The van der Waals surface area contributed by atoms with Gasteiger partial charge in [0.05, 0.1) is 5.69 Å². The first-order valence-corrected chi connectivity index (χ1v) is 8.13. The predicted octanol–water partition coefficient (Wildman–Crippen LogP) is 0.749. The second-order valence-corrected chi connectivity index (χ2v) is 6.37. The first-order chi connectivity index (χ1) is 10.0. The summed E-state index contributed by atoms with van der Waals surface area (Å²) >= 11 is 0. The Morgan fingerprint density at radius 1 is 1.33 bits per heavy atom. The Labute approximate surface area is 129 Å². The van der Waals surface area contributed by atoms with Gasteiger partial charge in [0.15, 0.2) is 0 Å². The third-order valence-corrected chi connectivity index (χ3v) is 4.77. The van der Waals surface area contributed by atoms with Crippen LogP contribution in [-0.2, 0) is 19.9 Å². The highest BCUT2D eigenvalue weighted by atomic mass is 15.3. The molecule has 1 fully saturated rings. The van der Waals surface area contributed by atoms with Crippen molar-refractivity contribution >= 4 is 0 Å². The molecule has 0 aromatic carbocycles. The second-order valence-electron chi connectivity index (χ2n) is 6.37. The molecule has 5 heteroatoms. The smallest absolute Gasteiger partial charge is 0.0624 e. The molecule has 2 heterocycles. The SMILES string of the molecule is CCc1cc(CC(NC)C2CN(C)CCCN2C)n(C)n1. The fourth-order valence-corrected chi connectivity index (χ4v) is 3.33. The molecule has 1 aliphatic heterocycles. The lowest BCUT2D eigenvalue weighted by Crippen LogP contribution is -2.52. The van der Waals surface area contributed by atoms with E-state index in [2.05, 4.69) is 61.4 Å². The Hall–Kier alpha value is -0.910. The molecule has 2 unspecified atom stereocenters. The lowest BCUT2D eigenvalue weighted by Gasteiger charge is -2.34. The number of nitrogens with zero attached hydrogens (tertiary/aromatic N) is 4. The zero-order chi connectivity index (χ0) is 15.4. The summed E-state index contributed by atoms with van der Waals surface area (Å²) in [5, 5.41) is 8.12. The van der Waals surface area contributed by atoms with Gasteiger partial charge in [0.2, 0.25) is 0 Å². The average Bonchev–Trinajstić information content (AvgIpc) is 2.73. The monoisotopic (exact) mass is 293 g/mol. The van der Waals surface area contributed by atoms with Crippen LogP contribution in [0.15, 0.2) is 6.07 Å². The predicted molar refractivity (Wildman–Crippen MR) is 87.7 cm³/mol. The number of rotatable bonds is 5. The molecular weight excluding hydrogens is 262 g/mol. The first kappa shape index (κ1) is 16.5. The van der Waals surface area contributed by atoms with Crippen molar-refractivity contribution in [3.63, 3.8) is 0 Å². The zero-order valence-corrected chi connectivity index (χ0v) is 14.3. The quantitative estimate of drug-likeness (QED) is 0.869. The lowest BCUT2D eigenvalue weighted by molar-refractivity contribution is 0.180. The number of likely N-dealkylation sites (N-methyl/N-ethyl adjacent to an activating group) is 3. The minimum absolute atomic E-state index is 0.454. The normalized spacial score (nSPS) is 23.2. The minimum Gasteiger partial charge on any atom is -0.315 e. The maximum atomic E-state index is 4.58. The molecule has 21 heavy (non-hydrogen) atoms. The largest absolute Gasteiger partial charge is 0.315 e. The molecule has 2 rings (SSSR count). The zero-order valence-electron chi connectivity index (χ0n) is 14.3. The van der Waals surface area contributed by atoms with Gasteiger partial charge >= 0.3 is 0 Å². The third-order valence-electron chi connectivity index (χ3n) is 4.77. The maximum Gasteiger partial charge on any atom is 0.0624 e. The highest BCUT2D eigenvalue weighted by Crippen LogP contribution is 2.15. The molecule has 0 radical (unpaired) electrons. The topological polar surface area (TPSA) is 36.3 Å².